The third kappa shape index (κ3) is 7.15. The Labute approximate surface area is 124 Å². The smallest absolute Gasteiger partial charge is 0.328 e. The lowest BCUT2D eigenvalue weighted by atomic mass is 10.1. The molecule has 0 aliphatic rings. The minimum Gasteiger partial charge on any atom is -0.483 e. The van der Waals surface area contributed by atoms with Crippen LogP contribution in [0.25, 0.3) is 6.08 Å². The molecule has 5 nitrogen and oxygen atoms in total. The number of carbonyl (C=O) groups excluding carboxylic acids is 1. The van der Waals surface area contributed by atoms with Crippen molar-refractivity contribution in [3.05, 3.63) is 35.9 Å². The first kappa shape index (κ1) is 16.8. The van der Waals surface area contributed by atoms with Crippen molar-refractivity contribution in [1.82, 2.24) is 5.32 Å². The lowest BCUT2D eigenvalue weighted by Gasteiger charge is -2.10. The second-order valence-electron chi connectivity index (χ2n) is 5.03. The molecule has 1 aromatic rings. The molecule has 0 unspecified atom stereocenters. The molecule has 1 amide bonds. The first-order valence-corrected chi connectivity index (χ1v) is 6.88. The number of nitrogens with one attached hydrogen (secondary N) is 1. The molecule has 0 aliphatic heterocycles. The predicted molar refractivity (Wildman–Crippen MR) is 81.1 cm³/mol. The van der Waals surface area contributed by atoms with Crippen LogP contribution in [0.2, 0.25) is 0 Å². The average Bonchev–Trinajstić information content (AvgIpc) is 2.43. The zero-order chi connectivity index (χ0) is 15.7. The number of amides is 1. The fraction of sp³-hybridized carbons (Fsp3) is 0.375. The quantitative estimate of drug-likeness (QED) is 0.721. The van der Waals surface area contributed by atoms with Crippen LogP contribution >= 0.6 is 0 Å². The van der Waals surface area contributed by atoms with Crippen LogP contribution in [-0.4, -0.2) is 30.1 Å². The molecule has 0 aliphatic carbocycles. The van der Waals surface area contributed by atoms with Gasteiger partial charge in [-0.25, -0.2) is 4.79 Å². The Morgan fingerprint density at radius 3 is 2.71 bits per heavy atom. The van der Waals surface area contributed by atoms with Gasteiger partial charge in [-0.3, -0.25) is 4.79 Å². The highest BCUT2D eigenvalue weighted by molar-refractivity contribution is 5.86. The number of carboxylic acids is 1. The lowest BCUT2D eigenvalue weighted by molar-refractivity contribution is -0.131. The Hall–Kier alpha value is -2.30. The molecular formula is C16H21NO4. The zero-order valence-corrected chi connectivity index (χ0v) is 12.3. The summed E-state index contributed by atoms with van der Waals surface area (Å²) in [5.74, 6) is -0.203. The molecule has 1 aromatic carbocycles. The van der Waals surface area contributed by atoms with Gasteiger partial charge in [0.25, 0.3) is 5.91 Å². The van der Waals surface area contributed by atoms with Gasteiger partial charge < -0.3 is 15.2 Å². The number of hydrogen-bond donors (Lipinski definition) is 2. The maximum Gasteiger partial charge on any atom is 0.328 e. The largest absolute Gasteiger partial charge is 0.483 e. The Bertz CT molecular complexity index is 509. The summed E-state index contributed by atoms with van der Waals surface area (Å²) >= 11 is 0. The van der Waals surface area contributed by atoms with Gasteiger partial charge in [0.05, 0.1) is 0 Å². The van der Waals surface area contributed by atoms with Crippen molar-refractivity contribution in [1.29, 1.82) is 0 Å². The molecule has 21 heavy (non-hydrogen) atoms. The van der Waals surface area contributed by atoms with E-state index < -0.39 is 5.97 Å². The minimum absolute atomic E-state index is 0.0873. The molecule has 0 saturated heterocycles. The zero-order valence-electron chi connectivity index (χ0n) is 12.3. The topological polar surface area (TPSA) is 75.6 Å². The molecule has 2 N–H and O–H groups in total. The number of carboxylic acid groups (broad SMARTS) is 1. The maximum atomic E-state index is 11.6. The molecule has 5 heteroatoms. The van der Waals surface area contributed by atoms with Crippen molar-refractivity contribution in [3.63, 3.8) is 0 Å². The molecule has 0 spiro atoms. The SMILES string of the molecule is CC(C)CCNC(=O)COc1ccccc1C=CC(=O)O. The molecule has 0 aromatic heterocycles. The van der Waals surface area contributed by atoms with Gasteiger partial charge in [-0.15, -0.1) is 0 Å². The van der Waals surface area contributed by atoms with Crippen LogP contribution in [0.15, 0.2) is 30.3 Å². The van der Waals surface area contributed by atoms with E-state index in [0.717, 1.165) is 12.5 Å². The van der Waals surface area contributed by atoms with E-state index in [1.807, 2.05) is 0 Å². The Balaban J connectivity index is 2.51. The van der Waals surface area contributed by atoms with Crippen molar-refractivity contribution >= 4 is 18.0 Å². The monoisotopic (exact) mass is 291 g/mol. The number of para-hydroxylation sites is 1. The average molecular weight is 291 g/mol. The summed E-state index contributed by atoms with van der Waals surface area (Å²) in [6, 6.07) is 6.97. The summed E-state index contributed by atoms with van der Waals surface area (Å²) in [7, 11) is 0. The van der Waals surface area contributed by atoms with Crippen molar-refractivity contribution < 1.29 is 19.4 Å². The van der Waals surface area contributed by atoms with Gasteiger partial charge in [0.15, 0.2) is 6.61 Å². The van der Waals surface area contributed by atoms with Crippen molar-refractivity contribution in [2.75, 3.05) is 13.2 Å². The number of benzene rings is 1. The first-order chi connectivity index (χ1) is 9.99. The van der Waals surface area contributed by atoms with Crippen LogP contribution in [0.1, 0.15) is 25.8 Å². The molecule has 0 atom stereocenters. The summed E-state index contributed by atoms with van der Waals surface area (Å²) in [5.41, 5.74) is 0.620. The van der Waals surface area contributed by atoms with Crippen LogP contribution in [0.5, 0.6) is 5.75 Å². The van der Waals surface area contributed by atoms with E-state index in [1.54, 1.807) is 24.3 Å². The van der Waals surface area contributed by atoms with Crippen molar-refractivity contribution in [3.8, 4) is 5.75 Å². The lowest BCUT2D eigenvalue weighted by Crippen LogP contribution is -2.30. The van der Waals surface area contributed by atoms with Crippen LogP contribution < -0.4 is 10.1 Å². The molecule has 1 rings (SSSR count). The summed E-state index contributed by atoms with van der Waals surface area (Å²) in [4.78, 5) is 22.2. The molecule has 0 heterocycles. The summed E-state index contributed by atoms with van der Waals surface area (Å²) < 4.78 is 5.43. The van der Waals surface area contributed by atoms with Crippen LogP contribution in [0.4, 0.5) is 0 Å². The number of hydrogen-bond acceptors (Lipinski definition) is 3. The van der Waals surface area contributed by atoms with Crippen molar-refractivity contribution in [2.45, 2.75) is 20.3 Å². The van der Waals surface area contributed by atoms with Gasteiger partial charge in [0, 0.05) is 18.2 Å². The van der Waals surface area contributed by atoms with Crippen LogP contribution in [0.3, 0.4) is 0 Å². The molecule has 0 saturated carbocycles. The summed E-state index contributed by atoms with van der Waals surface area (Å²) in [6.07, 6.45) is 3.39. The van der Waals surface area contributed by atoms with Crippen LogP contribution in [-0.2, 0) is 9.59 Å². The van der Waals surface area contributed by atoms with Gasteiger partial charge in [-0.2, -0.15) is 0 Å². The number of carbonyl (C=O) groups is 2. The highest BCUT2D eigenvalue weighted by Crippen LogP contribution is 2.19. The third-order valence-electron chi connectivity index (χ3n) is 2.73. The molecular weight excluding hydrogens is 270 g/mol. The highest BCUT2D eigenvalue weighted by Gasteiger charge is 2.05. The van der Waals surface area contributed by atoms with E-state index in [1.165, 1.54) is 6.08 Å². The van der Waals surface area contributed by atoms with Gasteiger partial charge in [-0.1, -0.05) is 32.0 Å². The molecule has 0 radical (unpaired) electrons. The van der Waals surface area contributed by atoms with Crippen LogP contribution in [0, 0.1) is 5.92 Å². The number of aliphatic carboxylic acids is 1. The Kier molecular flexibility index (Phi) is 7.01. The van der Waals surface area contributed by atoms with Gasteiger partial charge in [0.2, 0.25) is 0 Å². The maximum absolute atomic E-state index is 11.6. The minimum atomic E-state index is -1.03. The van der Waals surface area contributed by atoms with E-state index in [4.69, 9.17) is 9.84 Å². The van der Waals surface area contributed by atoms with Gasteiger partial charge in [-0.05, 0) is 24.5 Å². The van der Waals surface area contributed by atoms with Gasteiger partial charge in [0.1, 0.15) is 5.75 Å². The second-order valence-corrected chi connectivity index (χ2v) is 5.03. The molecule has 114 valence electrons. The summed E-state index contributed by atoms with van der Waals surface area (Å²) in [6.45, 7) is 4.72. The van der Waals surface area contributed by atoms with E-state index in [9.17, 15) is 9.59 Å². The first-order valence-electron chi connectivity index (χ1n) is 6.88. The normalized spacial score (nSPS) is 10.8. The van der Waals surface area contributed by atoms with Crippen molar-refractivity contribution in [2.24, 2.45) is 5.92 Å². The fourth-order valence-corrected chi connectivity index (χ4v) is 1.61. The molecule has 0 fully saturated rings. The third-order valence-corrected chi connectivity index (χ3v) is 2.73. The number of ether oxygens (including phenoxy) is 1. The van der Waals surface area contributed by atoms with E-state index >= 15 is 0 Å². The van der Waals surface area contributed by atoms with E-state index in [2.05, 4.69) is 19.2 Å². The van der Waals surface area contributed by atoms with E-state index in [0.29, 0.717) is 23.8 Å². The predicted octanol–water partition coefficient (Wildman–Crippen LogP) is 2.33. The summed E-state index contributed by atoms with van der Waals surface area (Å²) in [5, 5.41) is 11.4. The fourth-order valence-electron chi connectivity index (χ4n) is 1.61. The van der Waals surface area contributed by atoms with E-state index in [-0.39, 0.29) is 12.5 Å². The standard InChI is InChI=1S/C16H21NO4/c1-12(2)9-10-17-15(18)11-21-14-6-4-3-5-13(14)7-8-16(19)20/h3-8,12H,9-11H2,1-2H3,(H,17,18)(H,19,20). The second kappa shape index (κ2) is 8.79. The number of rotatable bonds is 8. The highest BCUT2D eigenvalue weighted by atomic mass is 16.5. The Morgan fingerprint density at radius 1 is 1.33 bits per heavy atom. The Morgan fingerprint density at radius 2 is 2.05 bits per heavy atom. The van der Waals surface area contributed by atoms with Gasteiger partial charge >= 0.3 is 5.97 Å². The molecule has 0 bridgehead atoms.